The number of hydrogen-bond acceptors (Lipinski definition) is 0. The van der Waals surface area contributed by atoms with Crippen molar-refractivity contribution in [1.82, 2.24) is 0 Å². The first-order valence-electron chi connectivity index (χ1n) is 4.79. The molecule has 14 heavy (non-hydrogen) atoms. The molecule has 0 aliphatic rings. The van der Waals surface area contributed by atoms with Crippen molar-refractivity contribution < 1.29 is 0 Å². The van der Waals surface area contributed by atoms with Crippen molar-refractivity contribution in [1.29, 1.82) is 0 Å². The Labute approximate surface area is 86.3 Å². The third-order valence-corrected chi connectivity index (χ3v) is 2.26. The molecule has 0 radical (unpaired) electrons. The Kier molecular flexibility index (Phi) is 3.93. The highest BCUT2D eigenvalue weighted by atomic mass is 14.0. The van der Waals surface area contributed by atoms with E-state index in [1.807, 2.05) is 19.1 Å². The minimum atomic E-state index is 0.956. The highest BCUT2D eigenvalue weighted by Crippen LogP contribution is 2.11. The summed E-state index contributed by atoms with van der Waals surface area (Å²) in [4.78, 5) is 0. The molecule has 1 rings (SSSR count). The average molecular weight is 184 g/mol. The Morgan fingerprint density at radius 3 is 2.29 bits per heavy atom. The molecule has 0 bridgehead atoms. The van der Waals surface area contributed by atoms with Gasteiger partial charge >= 0.3 is 0 Å². The molecule has 0 spiro atoms. The third-order valence-electron chi connectivity index (χ3n) is 2.26. The monoisotopic (exact) mass is 184 g/mol. The Bertz CT molecular complexity index is 339. The number of allylic oxidation sites excluding steroid dienone is 3. The molecule has 0 atom stereocenters. The van der Waals surface area contributed by atoms with Crippen molar-refractivity contribution in [3.05, 3.63) is 66.3 Å². The zero-order valence-corrected chi connectivity index (χ0v) is 8.66. The van der Waals surface area contributed by atoms with E-state index >= 15 is 0 Å². The van der Waals surface area contributed by atoms with Gasteiger partial charge in [-0.25, -0.2) is 0 Å². The highest BCUT2D eigenvalue weighted by Gasteiger charge is 1.94. The van der Waals surface area contributed by atoms with Gasteiger partial charge in [-0.1, -0.05) is 55.7 Å². The van der Waals surface area contributed by atoms with E-state index in [0.717, 1.165) is 12.0 Å². The molecule has 0 saturated heterocycles. The van der Waals surface area contributed by atoms with E-state index in [4.69, 9.17) is 0 Å². The average Bonchev–Trinajstić information content (AvgIpc) is 2.26. The second kappa shape index (κ2) is 5.23. The lowest BCUT2D eigenvalue weighted by atomic mass is 10.0. The van der Waals surface area contributed by atoms with E-state index in [9.17, 15) is 0 Å². The lowest BCUT2D eigenvalue weighted by molar-refractivity contribution is 1.19. The molecule has 1 aromatic rings. The van der Waals surface area contributed by atoms with E-state index in [2.05, 4.69) is 43.5 Å². The molecule has 0 fully saturated rings. The van der Waals surface area contributed by atoms with Crippen LogP contribution in [-0.4, -0.2) is 0 Å². The van der Waals surface area contributed by atoms with Gasteiger partial charge in [0.2, 0.25) is 0 Å². The Morgan fingerprint density at radius 1 is 1.21 bits per heavy atom. The quantitative estimate of drug-likeness (QED) is 0.620. The van der Waals surface area contributed by atoms with Crippen LogP contribution in [0.15, 0.2) is 55.1 Å². The molecule has 1 aromatic carbocycles. The van der Waals surface area contributed by atoms with Gasteiger partial charge in [0, 0.05) is 0 Å². The molecule has 72 valence electrons. The van der Waals surface area contributed by atoms with Crippen LogP contribution in [0, 0.1) is 0 Å². The fourth-order valence-corrected chi connectivity index (χ4v) is 1.30. The molecule has 0 N–H and O–H groups in total. The molecule has 0 aromatic heterocycles. The molecule has 0 nitrogen and oxygen atoms in total. The zero-order chi connectivity index (χ0) is 10.4. The fraction of sp³-hybridized carbons (Fsp3) is 0.143. The maximum absolute atomic E-state index is 3.78. The van der Waals surface area contributed by atoms with Crippen LogP contribution in [0.1, 0.15) is 18.1 Å². The van der Waals surface area contributed by atoms with Crippen molar-refractivity contribution in [3.8, 4) is 0 Å². The molecule has 0 aliphatic carbocycles. The van der Waals surface area contributed by atoms with Gasteiger partial charge in [0.15, 0.2) is 0 Å². The van der Waals surface area contributed by atoms with Crippen LogP contribution in [-0.2, 0) is 6.42 Å². The van der Waals surface area contributed by atoms with Crippen molar-refractivity contribution in [2.45, 2.75) is 13.3 Å². The molecule has 0 heteroatoms. The summed E-state index contributed by atoms with van der Waals surface area (Å²) in [5.41, 5.74) is 3.73. The lowest BCUT2D eigenvalue weighted by Crippen LogP contribution is -1.87. The molecular formula is C14H16. The summed E-state index contributed by atoms with van der Waals surface area (Å²) in [5.74, 6) is 0. The number of rotatable bonds is 4. The van der Waals surface area contributed by atoms with E-state index in [0.29, 0.717) is 0 Å². The Balaban J connectivity index is 2.78. The topological polar surface area (TPSA) is 0 Å². The summed E-state index contributed by atoms with van der Waals surface area (Å²) in [6.45, 7) is 9.54. The summed E-state index contributed by atoms with van der Waals surface area (Å²) >= 11 is 0. The van der Waals surface area contributed by atoms with Crippen molar-refractivity contribution in [2.75, 3.05) is 0 Å². The standard InChI is InChI=1S/C14H16/c1-4-12(5-2)11-14-9-7-13(6-3)8-10-14/h4-10H,1,3,11H2,2H3/b12-5-. The van der Waals surface area contributed by atoms with Gasteiger partial charge in [-0.15, -0.1) is 0 Å². The zero-order valence-electron chi connectivity index (χ0n) is 8.66. The predicted octanol–water partition coefficient (Wildman–Crippen LogP) is 4.00. The van der Waals surface area contributed by atoms with Gasteiger partial charge in [-0.3, -0.25) is 0 Å². The van der Waals surface area contributed by atoms with Crippen molar-refractivity contribution in [3.63, 3.8) is 0 Å². The molecule has 0 aliphatic heterocycles. The predicted molar refractivity (Wildman–Crippen MR) is 64.2 cm³/mol. The second-order valence-electron chi connectivity index (χ2n) is 3.19. The van der Waals surface area contributed by atoms with Gasteiger partial charge in [-0.2, -0.15) is 0 Å². The largest absolute Gasteiger partial charge is 0.0988 e. The minimum Gasteiger partial charge on any atom is -0.0988 e. The van der Waals surface area contributed by atoms with Crippen LogP contribution in [0.4, 0.5) is 0 Å². The second-order valence-corrected chi connectivity index (χ2v) is 3.19. The lowest BCUT2D eigenvalue weighted by Gasteiger charge is -2.02. The molecule has 0 saturated carbocycles. The van der Waals surface area contributed by atoms with Gasteiger partial charge in [-0.05, 0) is 30.0 Å². The van der Waals surface area contributed by atoms with Crippen LogP contribution in [0.2, 0.25) is 0 Å². The highest BCUT2D eigenvalue weighted by molar-refractivity contribution is 5.47. The molecule has 0 amide bonds. The maximum atomic E-state index is 3.78. The van der Waals surface area contributed by atoms with Crippen LogP contribution < -0.4 is 0 Å². The molecule has 0 unspecified atom stereocenters. The summed E-state index contributed by atoms with van der Waals surface area (Å²) < 4.78 is 0. The van der Waals surface area contributed by atoms with E-state index in [-0.39, 0.29) is 0 Å². The van der Waals surface area contributed by atoms with E-state index < -0.39 is 0 Å². The van der Waals surface area contributed by atoms with E-state index in [1.165, 1.54) is 11.1 Å². The Morgan fingerprint density at radius 2 is 1.86 bits per heavy atom. The van der Waals surface area contributed by atoms with Crippen molar-refractivity contribution >= 4 is 6.08 Å². The van der Waals surface area contributed by atoms with Gasteiger partial charge in [0.05, 0.1) is 0 Å². The number of hydrogen-bond donors (Lipinski definition) is 0. The molecular weight excluding hydrogens is 168 g/mol. The normalized spacial score (nSPS) is 11.1. The summed E-state index contributed by atoms with van der Waals surface area (Å²) in [6, 6.07) is 8.42. The maximum Gasteiger partial charge on any atom is -0.00292 e. The first-order valence-corrected chi connectivity index (χ1v) is 4.79. The summed E-state index contributed by atoms with van der Waals surface area (Å²) in [5, 5.41) is 0. The van der Waals surface area contributed by atoms with Gasteiger partial charge < -0.3 is 0 Å². The van der Waals surface area contributed by atoms with Gasteiger partial charge in [0.25, 0.3) is 0 Å². The van der Waals surface area contributed by atoms with Crippen LogP contribution >= 0.6 is 0 Å². The first kappa shape index (κ1) is 10.5. The van der Waals surface area contributed by atoms with Gasteiger partial charge in [0.1, 0.15) is 0 Å². The van der Waals surface area contributed by atoms with Crippen LogP contribution in [0.5, 0.6) is 0 Å². The molecule has 0 heterocycles. The third kappa shape index (κ3) is 2.74. The number of benzene rings is 1. The first-order chi connectivity index (χ1) is 6.80. The SMILES string of the molecule is C=C/C(=C/C)Cc1ccc(C=C)cc1. The van der Waals surface area contributed by atoms with E-state index in [1.54, 1.807) is 0 Å². The fourth-order valence-electron chi connectivity index (χ4n) is 1.30. The van der Waals surface area contributed by atoms with Crippen LogP contribution in [0.3, 0.4) is 0 Å². The summed E-state index contributed by atoms with van der Waals surface area (Å²) in [6.07, 6.45) is 6.81. The smallest absolute Gasteiger partial charge is 0.00292 e. The van der Waals surface area contributed by atoms with Crippen molar-refractivity contribution in [2.24, 2.45) is 0 Å². The van der Waals surface area contributed by atoms with Crippen LogP contribution in [0.25, 0.3) is 6.08 Å². The Hall–Kier alpha value is -1.56. The minimum absolute atomic E-state index is 0.956. The summed E-state index contributed by atoms with van der Waals surface area (Å²) in [7, 11) is 0.